The SMILES string of the molecule is COc1ccc(N2CCN(C(=O)C3CCCCC3)CC2)cc1. The molecule has 1 aliphatic heterocycles. The van der Waals surface area contributed by atoms with Gasteiger partial charge in [-0.3, -0.25) is 4.79 Å². The van der Waals surface area contributed by atoms with E-state index in [1.54, 1.807) is 7.11 Å². The molecule has 1 saturated heterocycles. The van der Waals surface area contributed by atoms with Crippen molar-refractivity contribution in [3.05, 3.63) is 24.3 Å². The van der Waals surface area contributed by atoms with Crippen molar-refractivity contribution in [2.45, 2.75) is 32.1 Å². The molecule has 22 heavy (non-hydrogen) atoms. The van der Waals surface area contributed by atoms with Gasteiger partial charge in [0.05, 0.1) is 7.11 Å². The van der Waals surface area contributed by atoms with Crippen molar-refractivity contribution in [1.82, 2.24) is 4.90 Å². The van der Waals surface area contributed by atoms with Crippen molar-refractivity contribution in [3.63, 3.8) is 0 Å². The van der Waals surface area contributed by atoms with Crippen molar-refractivity contribution >= 4 is 11.6 Å². The van der Waals surface area contributed by atoms with Gasteiger partial charge in [0.1, 0.15) is 5.75 Å². The molecule has 120 valence electrons. The lowest BCUT2D eigenvalue weighted by molar-refractivity contribution is -0.136. The maximum Gasteiger partial charge on any atom is 0.225 e. The van der Waals surface area contributed by atoms with E-state index < -0.39 is 0 Å². The van der Waals surface area contributed by atoms with Crippen molar-refractivity contribution in [1.29, 1.82) is 0 Å². The molecule has 0 spiro atoms. The average Bonchev–Trinajstić information content (AvgIpc) is 2.62. The fraction of sp³-hybridized carbons (Fsp3) is 0.611. The molecule has 0 bridgehead atoms. The summed E-state index contributed by atoms with van der Waals surface area (Å²) in [4.78, 5) is 17.0. The number of carbonyl (C=O) groups excluding carboxylic acids is 1. The van der Waals surface area contributed by atoms with Crippen molar-refractivity contribution in [3.8, 4) is 5.75 Å². The third-order valence-electron chi connectivity index (χ3n) is 4.98. The van der Waals surface area contributed by atoms with Crippen LogP contribution >= 0.6 is 0 Å². The number of hydrogen-bond donors (Lipinski definition) is 0. The molecular formula is C18H26N2O2. The summed E-state index contributed by atoms with van der Waals surface area (Å²) in [5.74, 6) is 1.57. The van der Waals surface area contributed by atoms with Crippen LogP contribution in [0.25, 0.3) is 0 Å². The Bertz CT molecular complexity index is 486. The van der Waals surface area contributed by atoms with Crippen LogP contribution in [-0.4, -0.2) is 44.1 Å². The molecule has 1 aliphatic carbocycles. The van der Waals surface area contributed by atoms with Crippen molar-refractivity contribution < 1.29 is 9.53 Å². The van der Waals surface area contributed by atoms with E-state index in [0.29, 0.717) is 11.8 Å². The Kier molecular flexibility index (Phi) is 4.86. The van der Waals surface area contributed by atoms with E-state index in [0.717, 1.165) is 44.8 Å². The van der Waals surface area contributed by atoms with Gasteiger partial charge in [-0.2, -0.15) is 0 Å². The summed E-state index contributed by atoms with van der Waals surface area (Å²) in [5.41, 5.74) is 1.21. The molecule has 1 amide bonds. The summed E-state index contributed by atoms with van der Waals surface area (Å²) in [7, 11) is 1.69. The quantitative estimate of drug-likeness (QED) is 0.860. The van der Waals surface area contributed by atoms with Crippen LogP contribution in [-0.2, 0) is 4.79 Å². The van der Waals surface area contributed by atoms with Crippen LogP contribution in [0.5, 0.6) is 5.75 Å². The first-order valence-electron chi connectivity index (χ1n) is 8.46. The molecule has 0 aromatic heterocycles. The number of nitrogens with zero attached hydrogens (tertiary/aromatic N) is 2. The Hall–Kier alpha value is -1.71. The molecule has 3 rings (SSSR count). The smallest absolute Gasteiger partial charge is 0.225 e. The normalized spacial score (nSPS) is 20.0. The molecule has 4 heteroatoms. The summed E-state index contributed by atoms with van der Waals surface area (Å²) >= 11 is 0. The first kappa shape index (κ1) is 15.2. The second-order valence-corrected chi connectivity index (χ2v) is 6.35. The van der Waals surface area contributed by atoms with Crippen LogP contribution in [0.1, 0.15) is 32.1 Å². The summed E-state index contributed by atoms with van der Waals surface area (Å²) in [6, 6.07) is 8.18. The first-order valence-corrected chi connectivity index (χ1v) is 8.46. The van der Waals surface area contributed by atoms with Gasteiger partial charge in [0, 0.05) is 37.8 Å². The topological polar surface area (TPSA) is 32.8 Å². The van der Waals surface area contributed by atoms with Gasteiger partial charge in [-0.1, -0.05) is 19.3 Å². The van der Waals surface area contributed by atoms with Gasteiger partial charge < -0.3 is 14.5 Å². The van der Waals surface area contributed by atoms with Gasteiger partial charge >= 0.3 is 0 Å². The lowest BCUT2D eigenvalue weighted by Gasteiger charge is -2.38. The van der Waals surface area contributed by atoms with Crippen LogP contribution in [0.2, 0.25) is 0 Å². The molecule has 1 aromatic rings. The molecule has 4 nitrogen and oxygen atoms in total. The number of rotatable bonds is 3. The van der Waals surface area contributed by atoms with Gasteiger partial charge in [-0.25, -0.2) is 0 Å². The van der Waals surface area contributed by atoms with Crippen LogP contribution in [0.4, 0.5) is 5.69 Å². The molecular weight excluding hydrogens is 276 g/mol. The zero-order valence-electron chi connectivity index (χ0n) is 13.5. The molecule has 0 radical (unpaired) electrons. The minimum absolute atomic E-state index is 0.293. The second kappa shape index (κ2) is 7.03. The molecule has 0 N–H and O–H groups in total. The van der Waals surface area contributed by atoms with Crippen LogP contribution in [0.15, 0.2) is 24.3 Å². The predicted molar refractivity (Wildman–Crippen MR) is 88.4 cm³/mol. The second-order valence-electron chi connectivity index (χ2n) is 6.35. The van der Waals surface area contributed by atoms with E-state index in [1.165, 1.54) is 24.9 Å². The highest BCUT2D eigenvalue weighted by Crippen LogP contribution is 2.26. The molecule has 0 unspecified atom stereocenters. The van der Waals surface area contributed by atoms with Crippen LogP contribution < -0.4 is 9.64 Å². The molecule has 1 saturated carbocycles. The van der Waals surface area contributed by atoms with Gasteiger partial charge in [-0.05, 0) is 37.1 Å². The number of amides is 1. The molecule has 1 aromatic carbocycles. The zero-order chi connectivity index (χ0) is 15.4. The van der Waals surface area contributed by atoms with E-state index >= 15 is 0 Å². The van der Waals surface area contributed by atoms with Gasteiger partial charge in [0.2, 0.25) is 5.91 Å². The first-order chi connectivity index (χ1) is 10.8. The maximum atomic E-state index is 12.6. The van der Waals surface area contributed by atoms with E-state index in [9.17, 15) is 4.79 Å². The molecule has 2 fully saturated rings. The van der Waals surface area contributed by atoms with E-state index in [4.69, 9.17) is 4.74 Å². The van der Waals surface area contributed by atoms with Gasteiger partial charge in [0.25, 0.3) is 0 Å². The van der Waals surface area contributed by atoms with Gasteiger partial charge in [0.15, 0.2) is 0 Å². The fourth-order valence-corrected chi connectivity index (χ4v) is 3.59. The van der Waals surface area contributed by atoms with E-state index in [1.807, 2.05) is 12.1 Å². The highest BCUT2D eigenvalue weighted by molar-refractivity contribution is 5.79. The summed E-state index contributed by atoms with van der Waals surface area (Å²) in [6.07, 6.45) is 5.94. The monoisotopic (exact) mass is 302 g/mol. The number of ether oxygens (including phenoxy) is 1. The highest BCUT2D eigenvalue weighted by Gasteiger charge is 2.28. The summed E-state index contributed by atoms with van der Waals surface area (Å²) in [6.45, 7) is 3.54. The van der Waals surface area contributed by atoms with Crippen molar-refractivity contribution in [2.24, 2.45) is 5.92 Å². The minimum Gasteiger partial charge on any atom is -0.497 e. The predicted octanol–water partition coefficient (Wildman–Crippen LogP) is 2.92. The zero-order valence-corrected chi connectivity index (χ0v) is 13.5. The number of carbonyl (C=O) groups is 1. The average molecular weight is 302 g/mol. The van der Waals surface area contributed by atoms with Gasteiger partial charge in [-0.15, -0.1) is 0 Å². The lowest BCUT2D eigenvalue weighted by Crippen LogP contribution is -2.50. The molecule has 2 aliphatic rings. The number of hydrogen-bond acceptors (Lipinski definition) is 3. The Balaban J connectivity index is 1.54. The third kappa shape index (κ3) is 3.37. The third-order valence-corrected chi connectivity index (χ3v) is 4.98. The Morgan fingerprint density at radius 1 is 1.00 bits per heavy atom. The Labute approximate surface area is 133 Å². The largest absolute Gasteiger partial charge is 0.497 e. The van der Waals surface area contributed by atoms with E-state index in [2.05, 4.69) is 21.9 Å². The number of benzene rings is 1. The van der Waals surface area contributed by atoms with E-state index in [-0.39, 0.29) is 0 Å². The summed E-state index contributed by atoms with van der Waals surface area (Å²) < 4.78 is 5.20. The lowest BCUT2D eigenvalue weighted by atomic mass is 9.88. The molecule has 0 atom stereocenters. The maximum absolute atomic E-state index is 12.6. The Morgan fingerprint density at radius 3 is 2.23 bits per heavy atom. The van der Waals surface area contributed by atoms with Crippen LogP contribution in [0.3, 0.4) is 0 Å². The fourth-order valence-electron chi connectivity index (χ4n) is 3.59. The number of piperazine rings is 1. The van der Waals surface area contributed by atoms with Crippen LogP contribution in [0, 0.1) is 5.92 Å². The number of methoxy groups -OCH3 is 1. The number of anilines is 1. The highest BCUT2D eigenvalue weighted by atomic mass is 16.5. The van der Waals surface area contributed by atoms with Crippen molar-refractivity contribution in [2.75, 3.05) is 38.2 Å². The standard InChI is InChI=1S/C18H26N2O2/c1-22-17-9-7-16(8-10-17)19-11-13-20(14-12-19)18(21)15-5-3-2-4-6-15/h7-10,15H,2-6,11-14H2,1H3. The summed E-state index contributed by atoms with van der Waals surface area (Å²) in [5, 5.41) is 0. The Morgan fingerprint density at radius 2 is 1.64 bits per heavy atom. The molecule has 1 heterocycles. The minimum atomic E-state index is 0.293.